The quantitative estimate of drug-likeness (QED) is 0.896. The van der Waals surface area contributed by atoms with E-state index in [9.17, 15) is 4.79 Å². The molecule has 3 fully saturated rings. The number of hydrogen-bond acceptors (Lipinski definition) is 5. The van der Waals surface area contributed by atoms with E-state index in [1.54, 1.807) is 6.20 Å². The van der Waals surface area contributed by atoms with Crippen LogP contribution in [0.2, 0.25) is 0 Å². The molecule has 2 aliphatic heterocycles. The van der Waals surface area contributed by atoms with Crippen LogP contribution in [0.25, 0.3) is 0 Å². The van der Waals surface area contributed by atoms with E-state index in [1.807, 2.05) is 17.9 Å². The molecule has 0 radical (unpaired) electrons. The predicted octanol–water partition coefficient (Wildman–Crippen LogP) is 2.15. The molecular formula is C18H26N4O2. The van der Waals surface area contributed by atoms with E-state index < -0.39 is 0 Å². The highest BCUT2D eigenvalue weighted by atomic mass is 16.5. The first-order chi connectivity index (χ1) is 11.6. The first kappa shape index (κ1) is 15.8. The minimum Gasteiger partial charge on any atom is -0.377 e. The Hall–Kier alpha value is -1.69. The first-order valence-corrected chi connectivity index (χ1v) is 9.08. The SMILES string of the molecule is Cc1ccnc(NCC2CCCN2C(=O)CC2CC3(CC3)CO2)n1. The molecule has 0 aromatic carbocycles. The number of anilines is 1. The summed E-state index contributed by atoms with van der Waals surface area (Å²) >= 11 is 0. The highest BCUT2D eigenvalue weighted by Crippen LogP contribution is 2.54. The summed E-state index contributed by atoms with van der Waals surface area (Å²) in [5, 5.41) is 3.28. The number of carbonyl (C=O) groups is 1. The fourth-order valence-corrected chi connectivity index (χ4v) is 3.98. The second-order valence-electron chi connectivity index (χ2n) is 7.63. The van der Waals surface area contributed by atoms with Crippen molar-refractivity contribution in [2.24, 2.45) is 5.41 Å². The van der Waals surface area contributed by atoms with Gasteiger partial charge in [-0.25, -0.2) is 9.97 Å². The molecule has 2 atom stereocenters. The molecule has 1 aromatic heterocycles. The topological polar surface area (TPSA) is 67.4 Å². The van der Waals surface area contributed by atoms with Gasteiger partial charge in [-0.3, -0.25) is 4.79 Å². The maximum absolute atomic E-state index is 12.7. The Morgan fingerprint density at radius 3 is 3.12 bits per heavy atom. The third-order valence-corrected chi connectivity index (χ3v) is 5.63. The van der Waals surface area contributed by atoms with Crippen molar-refractivity contribution in [2.45, 2.75) is 57.6 Å². The monoisotopic (exact) mass is 330 g/mol. The van der Waals surface area contributed by atoms with Gasteiger partial charge in [0.2, 0.25) is 11.9 Å². The van der Waals surface area contributed by atoms with Crippen molar-refractivity contribution in [1.29, 1.82) is 0 Å². The van der Waals surface area contributed by atoms with Crippen molar-refractivity contribution in [3.8, 4) is 0 Å². The van der Waals surface area contributed by atoms with Crippen LogP contribution in [-0.2, 0) is 9.53 Å². The van der Waals surface area contributed by atoms with Crippen LogP contribution in [0.5, 0.6) is 0 Å². The van der Waals surface area contributed by atoms with Crippen LogP contribution >= 0.6 is 0 Å². The van der Waals surface area contributed by atoms with Crippen molar-refractivity contribution in [3.63, 3.8) is 0 Å². The van der Waals surface area contributed by atoms with Crippen LogP contribution in [0.4, 0.5) is 5.95 Å². The molecule has 24 heavy (non-hydrogen) atoms. The average Bonchev–Trinajstić information content (AvgIpc) is 2.98. The molecule has 2 unspecified atom stereocenters. The molecule has 1 aliphatic carbocycles. The molecule has 1 aromatic rings. The van der Waals surface area contributed by atoms with E-state index in [0.717, 1.165) is 38.1 Å². The Labute approximate surface area is 143 Å². The van der Waals surface area contributed by atoms with Gasteiger partial charge in [-0.1, -0.05) is 0 Å². The summed E-state index contributed by atoms with van der Waals surface area (Å²) < 4.78 is 5.86. The van der Waals surface area contributed by atoms with Crippen LogP contribution in [-0.4, -0.2) is 52.6 Å². The van der Waals surface area contributed by atoms with Gasteiger partial charge in [-0.2, -0.15) is 0 Å². The van der Waals surface area contributed by atoms with Crippen molar-refractivity contribution in [1.82, 2.24) is 14.9 Å². The van der Waals surface area contributed by atoms with E-state index in [0.29, 0.717) is 24.3 Å². The number of aromatic nitrogens is 2. The number of amides is 1. The van der Waals surface area contributed by atoms with E-state index in [-0.39, 0.29) is 18.1 Å². The third-order valence-electron chi connectivity index (χ3n) is 5.63. The summed E-state index contributed by atoms with van der Waals surface area (Å²) in [5.41, 5.74) is 1.39. The predicted molar refractivity (Wildman–Crippen MR) is 90.6 cm³/mol. The summed E-state index contributed by atoms with van der Waals surface area (Å²) in [7, 11) is 0. The van der Waals surface area contributed by atoms with Crippen molar-refractivity contribution in [3.05, 3.63) is 18.0 Å². The Morgan fingerprint density at radius 2 is 2.38 bits per heavy atom. The maximum Gasteiger partial charge on any atom is 0.225 e. The van der Waals surface area contributed by atoms with Crippen molar-refractivity contribution in [2.75, 3.05) is 25.0 Å². The lowest BCUT2D eigenvalue weighted by Crippen LogP contribution is -2.41. The second kappa shape index (κ2) is 6.31. The zero-order valence-corrected chi connectivity index (χ0v) is 14.3. The van der Waals surface area contributed by atoms with Gasteiger partial charge in [0.05, 0.1) is 19.1 Å². The molecule has 3 aliphatic rings. The van der Waals surface area contributed by atoms with E-state index in [2.05, 4.69) is 15.3 Å². The molecule has 1 amide bonds. The van der Waals surface area contributed by atoms with Crippen LogP contribution in [0.1, 0.15) is 44.2 Å². The normalized spacial score (nSPS) is 27.6. The summed E-state index contributed by atoms with van der Waals surface area (Å²) in [6.45, 7) is 4.38. The van der Waals surface area contributed by atoms with Crippen molar-refractivity contribution < 1.29 is 9.53 Å². The maximum atomic E-state index is 12.7. The highest BCUT2D eigenvalue weighted by molar-refractivity contribution is 5.77. The van der Waals surface area contributed by atoms with Gasteiger partial charge in [0.25, 0.3) is 0 Å². The van der Waals surface area contributed by atoms with Gasteiger partial charge in [0, 0.05) is 31.0 Å². The van der Waals surface area contributed by atoms with Gasteiger partial charge in [-0.15, -0.1) is 0 Å². The number of ether oxygens (including phenoxy) is 1. The van der Waals surface area contributed by atoms with E-state index >= 15 is 0 Å². The largest absolute Gasteiger partial charge is 0.377 e. The van der Waals surface area contributed by atoms with Gasteiger partial charge >= 0.3 is 0 Å². The number of likely N-dealkylation sites (tertiary alicyclic amines) is 1. The molecule has 6 nitrogen and oxygen atoms in total. The lowest BCUT2D eigenvalue weighted by molar-refractivity contribution is -0.134. The lowest BCUT2D eigenvalue weighted by atomic mass is 10.0. The Morgan fingerprint density at radius 1 is 1.50 bits per heavy atom. The van der Waals surface area contributed by atoms with Crippen molar-refractivity contribution >= 4 is 11.9 Å². The lowest BCUT2D eigenvalue weighted by Gasteiger charge is -2.26. The molecule has 2 saturated heterocycles. The van der Waals surface area contributed by atoms with E-state index in [4.69, 9.17) is 4.74 Å². The molecule has 1 spiro atoms. The summed E-state index contributed by atoms with van der Waals surface area (Å²) in [5.74, 6) is 0.885. The molecule has 130 valence electrons. The third kappa shape index (κ3) is 3.38. The number of aryl methyl sites for hydroxylation is 1. The number of nitrogens with one attached hydrogen (secondary N) is 1. The minimum absolute atomic E-state index is 0.134. The standard InChI is InChI=1S/C18H26N4O2/c1-13-4-7-19-17(21-13)20-11-14-3-2-8-22(14)16(23)9-15-10-18(5-6-18)12-24-15/h4,7,14-15H,2-3,5-6,8-12H2,1H3,(H,19,20,21). The van der Waals surface area contributed by atoms with Gasteiger partial charge in [-0.05, 0) is 50.5 Å². The molecular weight excluding hydrogens is 304 g/mol. The minimum atomic E-state index is 0.134. The van der Waals surface area contributed by atoms with Crippen LogP contribution in [0, 0.1) is 12.3 Å². The fourth-order valence-electron chi connectivity index (χ4n) is 3.98. The molecule has 1 saturated carbocycles. The van der Waals surface area contributed by atoms with Crippen LogP contribution < -0.4 is 5.32 Å². The highest BCUT2D eigenvalue weighted by Gasteiger charge is 2.49. The zero-order chi connectivity index (χ0) is 16.6. The fraction of sp³-hybridized carbons (Fsp3) is 0.722. The molecule has 0 bridgehead atoms. The second-order valence-corrected chi connectivity index (χ2v) is 7.63. The molecule has 1 N–H and O–H groups in total. The average molecular weight is 330 g/mol. The molecule has 3 heterocycles. The van der Waals surface area contributed by atoms with Gasteiger partial charge in [0.1, 0.15) is 0 Å². The Bertz CT molecular complexity index is 617. The Kier molecular flexibility index (Phi) is 4.16. The number of hydrogen-bond donors (Lipinski definition) is 1. The Balaban J connectivity index is 1.30. The zero-order valence-electron chi connectivity index (χ0n) is 14.3. The molecule has 6 heteroatoms. The number of carbonyl (C=O) groups excluding carboxylic acids is 1. The smallest absolute Gasteiger partial charge is 0.225 e. The van der Waals surface area contributed by atoms with Crippen LogP contribution in [0.3, 0.4) is 0 Å². The summed E-state index contributed by atoms with van der Waals surface area (Å²) in [4.78, 5) is 23.3. The van der Waals surface area contributed by atoms with E-state index in [1.165, 1.54) is 12.8 Å². The van der Waals surface area contributed by atoms with Gasteiger partial charge in [0.15, 0.2) is 0 Å². The number of nitrogens with zero attached hydrogens (tertiary/aromatic N) is 3. The number of rotatable bonds is 5. The van der Waals surface area contributed by atoms with Crippen LogP contribution in [0.15, 0.2) is 12.3 Å². The summed E-state index contributed by atoms with van der Waals surface area (Å²) in [6.07, 6.45) is 8.19. The first-order valence-electron chi connectivity index (χ1n) is 9.08. The summed E-state index contributed by atoms with van der Waals surface area (Å²) in [6, 6.07) is 2.11. The molecule has 4 rings (SSSR count). The van der Waals surface area contributed by atoms with Gasteiger partial charge < -0.3 is 15.0 Å².